The molecule has 0 aliphatic heterocycles. The number of aliphatic carboxylic acids is 1. The van der Waals surface area contributed by atoms with Crippen LogP contribution in [0.25, 0.3) is 0 Å². The SMILES string of the molecule is CC[C@@H](NC(=O)c1ccc(Cl)cc1[N+](=O)[O-])C(=O)O. The lowest BCUT2D eigenvalue weighted by atomic mass is 10.1. The van der Waals surface area contributed by atoms with Crippen molar-refractivity contribution in [1.29, 1.82) is 0 Å². The van der Waals surface area contributed by atoms with Gasteiger partial charge in [-0.3, -0.25) is 14.9 Å². The topological polar surface area (TPSA) is 110 Å². The Morgan fingerprint density at radius 1 is 1.53 bits per heavy atom. The molecule has 0 radical (unpaired) electrons. The van der Waals surface area contributed by atoms with E-state index in [1.807, 2.05) is 0 Å². The molecule has 0 aliphatic rings. The van der Waals surface area contributed by atoms with Crippen LogP contribution in [0.2, 0.25) is 5.02 Å². The van der Waals surface area contributed by atoms with Crippen molar-refractivity contribution in [2.24, 2.45) is 0 Å². The van der Waals surface area contributed by atoms with Crippen molar-refractivity contribution in [2.45, 2.75) is 19.4 Å². The molecule has 1 atom stereocenters. The molecule has 0 saturated heterocycles. The van der Waals surface area contributed by atoms with Gasteiger partial charge in [0, 0.05) is 11.1 Å². The summed E-state index contributed by atoms with van der Waals surface area (Å²) in [6.07, 6.45) is 0.169. The van der Waals surface area contributed by atoms with Crippen LogP contribution in [-0.2, 0) is 4.79 Å². The first kappa shape index (κ1) is 14.9. The highest BCUT2D eigenvalue weighted by Gasteiger charge is 2.24. The smallest absolute Gasteiger partial charge is 0.326 e. The molecule has 2 N–H and O–H groups in total. The van der Waals surface area contributed by atoms with E-state index in [2.05, 4.69) is 5.32 Å². The number of carboxylic acids is 1. The zero-order valence-corrected chi connectivity index (χ0v) is 10.7. The molecule has 1 aromatic carbocycles. The monoisotopic (exact) mass is 286 g/mol. The molecule has 0 fully saturated rings. The molecule has 0 saturated carbocycles. The van der Waals surface area contributed by atoms with Crippen LogP contribution in [0.3, 0.4) is 0 Å². The largest absolute Gasteiger partial charge is 0.480 e. The Balaban J connectivity index is 3.06. The summed E-state index contributed by atoms with van der Waals surface area (Å²) in [6.45, 7) is 1.58. The third-order valence-corrected chi connectivity index (χ3v) is 2.65. The van der Waals surface area contributed by atoms with E-state index in [1.165, 1.54) is 12.1 Å². The van der Waals surface area contributed by atoms with Gasteiger partial charge in [0.05, 0.1) is 4.92 Å². The number of amides is 1. The van der Waals surface area contributed by atoms with Gasteiger partial charge in [-0.05, 0) is 18.6 Å². The van der Waals surface area contributed by atoms with E-state index in [0.29, 0.717) is 0 Å². The second-order valence-electron chi connectivity index (χ2n) is 3.69. The van der Waals surface area contributed by atoms with Crippen molar-refractivity contribution in [2.75, 3.05) is 0 Å². The van der Waals surface area contributed by atoms with Crippen molar-refractivity contribution in [3.63, 3.8) is 0 Å². The van der Waals surface area contributed by atoms with Crippen LogP contribution in [-0.4, -0.2) is 27.9 Å². The van der Waals surface area contributed by atoms with Crippen molar-refractivity contribution in [3.05, 3.63) is 38.9 Å². The van der Waals surface area contributed by atoms with E-state index in [9.17, 15) is 19.7 Å². The molecule has 0 aromatic heterocycles. The molecule has 0 spiro atoms. The number of nitro benzene ring substituents is 1. The minimum atomic E-state index is -1.20. The number of rotatable bonds is 5. The van der Waals surface area contributed by atoms with Crippen LogP contribution < -0.4 is 5.32 Å². The number of benzene rings is 1. The number of nitro groups is 1. The summed E-state index contributed by atoms with van der Waals surface area (Å²) in [5.74, 6) is -2.02. The Morgan fingerprint density at radius 2 is 2.16 bits per heavy atom. The molecule has 0 aliphatic carbocycles. The van der Waals surface area contributed by atoms with E-state index < -0.39 is 28.5 Å². The highest BCUT2D eigenvalue weighted by atomic mass is 35.5. The lowest BCUT2D eigenvalue weighted by Crippen LogP contribution is -2.40. The molecule has 1 amide bonds. The summed E-state index contributed by atoms with van der Waals surface area (Å²) < 4.78 is 0. The summed E-state index contributed by atoms with van der Waals surface area (Å²) in [5, 5.41) is 22.0. The predicted molar refractivity (Wildman–Crippen MR) is 67.3 cm³/mol. The average molecular weight is 287 g/mol. The number of carboxylic acid groups (broad SMARTS) is 1. The summed E-state index contributed by atoms with van der Waals surface area (Å²) >= 11 is 5.62. The molecule has 8 heteroatoms. The zero-order valence-electron chi connectivity index (χ0n) is 9.92. The van der Waals surface area contributed by atoms with E-state index in [-0.39, 0.29) is 17.0 Å². The molecule has 0 bridgehead atoms. The van der Waals surface area contributed by atoms with E-state index >= 15 is 0 Å². The number of carbonyl (C=O) groups is 2. The first-order valence-electron chi connectivity index (χ1n) is 5.34. The van der Waals surface area contributed by atoms with E-state index in [0.717, 1.165) is 6.07 Å². The standard InChI is InChI=1S/C11H11ClN2O5/c1-2-8(11(16)17)13-10(15)7-4-3-6(12)5-9(7)14(18)19/h3-5,8H,2H2,1H3,(H,13,15)(H,16,17)/t8-/m1/s1. The summed E-state index contributed by atoms with van der Waals surface area (Å²) in [4.78, 5) is 32.7. The lowest BCUT2D eigenvalue weighted by molar-refractivity contribution is -0.385. The maximum Gasteiger partial charge on any atom is 0.326 e. The highest BCUT2D eigenvalue weighted by molar-refractivity contribution is 6.31. The van der Waals surface area contributed by atoms with Crippen LogP contribution in [0, 0.1) is 10.1 Å². The number of hydrogen-bond acceptors (Lipinski definition) is 4. The maximum atomic E-state index is 11.8. The molecule has 7 nitrogen and oxygen atoms in total. The van der Waals surface area contributed by atoms with Gasteiger partial charge in [-0.1, -0.05) is 18.5 Å². The fourth-order valence-corrected chi connectivity index (χ4v) is 1.59. The maximum absolute atomic E-state index is 11.8. The fraction of sp³-hybridized carbons (Fsp3) is 0.273. The van der Waals surface area contributed by atoms with Gasteiger partial charge in [-0.15, -0.1) is 0 Å². The van der Waals surface area contributed by atoms with Crippen LogP contribution >= 0.6 is 11.6 Å². The van der Waals surface area contributed by atoms with Gasteiger partial charge in [0.15, 0.2) is 0 Å². The molecule has 0 unspecified atom stereocenters. The second kappa shape index (κ2) is 6.14. The minimum Gasteiger partial charge on any atom is -0.480 e. The minimum absolute atomic E-state index is 0.119. The molecule has 0 heterocycles. The summed E-state index contributed by atoms with van der Waals surface area (Å²) in [5.41, 5.74) is -0.695. The first-order chi connectivity index (χ1) is 8.86. The third-order valence-electron chi connectivity index (χ3n) is 2.41. The third kappa shape index (κ3) is 3.65. The van der Waals surface area contributed by atoms with Crippen LogP contribution in [0.15, 0.2) is 18.2 Å². The van der Waals surface area contributed by atoms with Crippen molar-refractivity contribution >= 4 is 29.2 Å². The number of nitrogens with zero attached hydrogens (tertiary/aromatic N) is 1. The van der Waals surface area contributed by atoms with Gasteiger partial charge in [0.2, 0.25) is 0 Å². The zero-order chi connectivity index (χ0) is 14.6. The Bertz CT molecular complexity index is 532. The van der Waals surface area contributed by atoms with Crippen LogP contribution in [0.4, 0.5) is 5.69 Å². The molecule has 1 rings (SSSR count). The fourth-order valence-electron chi connectivity index (χ4n) is 1.42. The average Bonchev–Trinajstić information content (AvgIpc) is 2.34. The van der Waals surface area contributed by atoms with Crippen LogP contribution in [0.5, 0.6) is 0 Å². The van der Waals surface area contributed by atoms with Gasteiger partial charge in [-0.2, -0.15) is 0 Å². The van der Waals surface area contributed by atoms with Gasteiger partial charge >= 0.3 is 5.97 Å². The summed E-state index contributed by atoms with van der Waals surface area (Å²) in [7, 11) is 0. The van der Waals surface area contributed by atoms with Gasteiger partial charge in [0.1, 0.15) is 11.6 Å². The van der Waals surface area contributed by atoms with Crippen molar-refractivity contribution < 1.29 is 19.6 Å². The van der Waals surface area contributed by atoms with Gasteiger partial charge < -0.3 is 10.4 Å². The van der Waals surface area contributed by atoms with Gasteiger partial charge in [-0.25, -0.2) is 4.79 Å². The van der Waals surface area contributed by atoms with Crippen molar-refractivity contribution in [3.8, 4) is 0 Å². The number of halogens is 1. The number of nitrogens with one attached hydrogen (secondary N) is 1. The first-order valence-corrected chi connectivity index (χ1v) is 5.72. The molecule has 102 valence electrons. The summed E-state index contributed by atoms with van der Waals surface area (Å²) in [6, 6.07) is 2.45. The van der Waals surface area contributed by atoms with E-state index in [1.54, 1.807) is 6.92 Å². The normalized spacial score (nSPS) is 11.7. The van der Waals surface area contributed by atoms with Crippen LogP contribution in [0.1, 0.15) is 23.7 Å². The number of carbonyl (C=O) groups excluding carboxylic acids is 1. The highest BCUT2D eigenvalue weighted by Crippen LogP contribution is 2.23. The van der Waals surface area contributed by atoms with E-state index in [4.69, 9.17) is 16.7 Å². The second-order valence-corrected chi connectivity index (χ2v) is 4.13. The molecule has 1 aromatic rings. The Hall–Kier alpha value is -2.15. The molecular formula is C11H11ClN2O5. The Labute approximate surface area is 113 Å². The predicted octanol–water partition coefficient (Wildman–Crippen LogP) is 1.84. The molecule has 19 heavy (non-hydrogen) atoms. The molecular weight excluding hydrogens is 276 g/mol. The Morgan fingerprint density at radius 3 is 2.63 bits per heavy atom. The Kier molecular flexibility index (Phi) is 4.82. The lowest BCUT2D eigenvalue weighted by Gasteiger charge is -2.12. The van der Waals surface area contributed by atoms with Gasteiger partial charge in [0.25, 0.3) is 11.6 Å². The number of hydrogen-bond donors (Lipinski definition) is 2. The quantitative estimate of drug-likeness (QED) is 0.634. The van der Waals surface area contributed by atoms with Crippen molar-refractivity contribution in [1.82, 2.24) is 5.32 Å².